The van der Waals surface area contributed by atoms with E-state index in [0.29, 0.717) is 0 Å². The van der Waals surface area contributed by atoms with Crippen LogP contribution in [0.5, 0.6) is 0 Å². The lowest BCUT2D eigenvalue weighted by molar-refractivity contribution is 1.59. The fourth-order valence-electron chi connectivity index (χ4n) is 5.68. The van der Waals surface area contributed by atoms with Gasteiger partial charge in [-0.3, -0.25) is 0 Å². The zero-order valence-corrected chi connectivity index (χ0v) is 18.0. The maximum atomic E-state index is 3.90. The van der Waals surface area contributed by atoms with Crippen molar-refractivity contribution in [3.05, 3.63) is 97.1 Å². The van der Waals surface area contributed by atoms with Crippen LogP contribution >= 0.6 is 11.3 Å². The lowest BCUT2D eigenvalue weighted by atomic mass is 9.95. The zero-order valence-electron chi connectivity index (χ0n) is 17.1. The first-order valence-electron chi connectivity index (χ1n) is 11.0. The van der Waals surface area contributed by atoms with E-state index in [1.165, 1.54) is 74.3 Å². The summed E-state index contributed by atoms with van der Waals surface area (Å²) in [5.74, 6) is 0. The molecule has 0 radical (unpaired) electrons. The minimum absolute atomic E-state index is 1.24. The van der Waals surface area contributed by atoms with Gasteiger partial charge in [-0.05, 0) is 27.6 Å². The van der Waals surface area contributed by atoms with Gasteiger partial charge < -0.3 is 4.98 Å². The monoisotopic (exact) mass is 423 g/mol. The number of hydrogen-bond donors (Lipinski definition) is 1. The molecule has 32 heavy (non-hydrogen) atoms. The highest BCUT2D eigenvalue weighted by molar-refractivity contribution is 7.27. The van der Waals surface area contributed by atoms with Crippen molar-refractivity contribution in [3.63, 3.8) is 0 Å². The van der Waals surface area contributed by atoms with Crippen molar-refractivity contribution < 1.29 is 0 Å². The highest BCUT2D eigenvalue weighted by Crippen LogP contribution is 2.48. The SMILES string of the molecule is c1ccc2c(c1)sc1c2c2ccccc2c2[nH]c3c4ccccc4c4ccccc4c3c21. The third kappa shape index (κ3) is 1.94. The van der Waals surface area contributed by atoms with Crippen molar-refractivity contribution >= 4 is 85.6 Å². The van der Waals surface area contributed by atoms with Crippen molar-refractivity contribution in [2.24, 2.45) is 0 Å². The summed E-state index contributed by atoms with van der Waals surface area (Å²) in [5, 5.41) is 13.3. The second kappa shape index (κ2) is 5.87. The van der Waals surface area contributed by atoms with Gasteiger partial charge in [0.25, 0.3) is 0 Å². The summed E-state index contributed by atoms with van der Waals surface area (Å²) in [6.07, 6.45) is 0. The Bertz CT molecular complexity index is 2040. The first-order chi connectivity index (χ1) is 15.9. The topological polar surface area (TPSA) is 15.8 Å². The number of thiophene rings is 1. The van der Waals surface area contributed by atoms with Crippen LogP contribution in [-0.2, 0) is 0 Å². The second-order valence-corrected chi connectivity index (χ2v) is 9.62. The molecule has 0 amide bonds. The fourth-order valence-corrected chi connectivity index (χ4v) is 6.96. The van der Waals surface area contributed by atoms with Crippen LogP contribution in [0.1, 0.15) is 0 Å². The van der Waals surface area contributed by atoms with Crippen LogP contribution in [0, 0.1) is 0 Å². The summed E-state index contributed by atoms with van der Waals surface area (Å²) < 4.78 is 2.73. The average Bonchev–Trinajstić information content (AvgIpc) is 3.44. The molecule has 8 aromatic rings. The molecular weight excluding hydrogens is 406 g/mol. The van der Waals surface area contributed by atoms with Crippen LogP contribution in [-0.4, -0.2) is 4.98 Å². The molecule has 0 saturated carbocycles. The lowest BCUT2D eigenvalue weighted by Gasteiger charge is -2.07. The molecular formula is C30H17NS. The summed E-state index contributed by atoms with van der Waals surface area (Å²) in [5.41, 5.74) is 2.49. The Morgan fingerprint density at radius 3 is 1.59 bits per heavy atom. The number of benzene rings is 6. The Morgan fingerprint density at radius 2 is 0.875 bits per heavy atom. The van der Waals surface area contributed by atoms with E-state index in [4.69, 9.17) is 0 Å². The fraction of sp³-hybridized carbons (Fsp3) is 0. The first kappa shape index (κ1) is 16.8. The molecule has 0 fully saturated rings. The molecule has 2 heterocycles. The molecule has 0 unspecified atom stereocenters. The molecule has 2 heteroatoms. The van der Waals surface area contributed by atoms with E-state index in [-0.39, 0.29) is 0 Å². The Kier molecular flexibility index (Phi) is 3.08. The van der Waals surface area contributed by atoms with Crippen molar-refractivity contribution in [1.29, 1.82) is 0 Å². The average molecular weight is 424 g/mol. The van der Waals surface area contributed by atoms with Crippen molar-refractivity contribution in [2.75, 3.05) is 0 Å². The van der Waals surface area contributed by atoms with Crippen molar-refractivity contribution in [1.82, 2.24) is 4.98 Å². The third-order valence-electron chi connectivity index (χ3n) is 6.97. The molecule has 0 bridgehead atoms. The van der Waals surface area contributed by atoms with E-state index in [1.54, 1.807) is 0 Å². The minimum Gasteiger partial charge on any atom is -0.353 e. The van der Waals surface area contributed by atoms with E-state index in [1.807, 2.05) is 11.3 Å². The number of H-pyrrole nitrogens is 1. The van der Waals surface area contributed by atoms with E-state index in [2.05, 4.69) is 102 Å². The molecule has 6 aromatic carbocycles. The molecule has 0 aliphatic rings. The highest BCUT2D eigenvalue weighted by Gasteiger charge is 2.20. The van der Waals surface area contributed by atoms with Crippen molar-refractivity contribution in [2.45, 2.75) is 0 Å². The summed E-state index contributed by atoms with van der Waals surface area (Å²) >= 11 is 1.92. The maximum absolute atomic E-state index is 3.90. The third-order valence-corrected chi connectivity index (χ3v) is 8.16. The molecule has 0 aliphatic carbocycles. The smallest absolute Gasteiger partial charge is 0.0559 e. The quantitative estimate of drug-likeness (QED) is 0.234. The van der Waals surface area contributed by atoms with Gasteiger partial charge in [0.05, 0.1) is 11.0 Å². The van der Waals surface area contributed by atoms with Crippen LogP contribution in [0.3, 0.4) is 0 Å². The van der Waals surface area contributed by atoms with E-state index < -0.39 is 0 Å². The molecule has 2 aromatic heterocycles. The molecule has 0 aliphatic heterocycles. The molecule has 148 valence electrons. The number of fused-ring (bicyclic) bond motifs is 15. The number of aromatic amines is 1. The van der Waals surface area contributed by atoms with E-state index in [0.717, 1.165) is 0 Å². The Hall–Kier alpha value is -3.88. The van der Waals surface area contributed by atoms with Crippen LogP contribution < -0.4 is 0 Å². The minimum atomic E-state index is 1.24. The molecule has 0 saturated heterocycles. The molecule has 8 rings (SSSR count). The number of hydrogen-bond acceptors (Lipinski definition) is 1. The maximum Gasteiger partial charge on any atom is 0.0559 e. The van der Waals surface area contributed by atoms with E-state index in [9.17, 15) is 0 Å². The van der Waals surface area contributed by atoms with Crippen LogP contribution in [0.2, 0.25) is 0 Å². The number of aromatic nitrogens is 1. The number of nitrogens with one attached hydrogen (secondary N) is 1. The zero-order chi connectivity index (χ0) is 20.8. The van der Waals surface area contributed by atoms with Gasteiger partial charge in [-0.25, -0.2) is 0 Å². The van der Waals surface area contributed by atoms with E-state index >= 15 is 0 Å². The number of rotatable bonds is 0. The van der Waals surface area contributed by atoms with Gasteiger partial charge in [-0.15, -0.1) is 11.3 Å². The first-order valence-corrected chi connectivity index (χ1v) is 11.8. The molecule has 1 nitrogen and oxygen atoms in total. The Labute approximate surface area is 187 Å². The summed E-state index contributed by atoms with van der Waals surface area (Å²) in [6, 6.07) is 35.3. The Morgan fingerprint density at radius 1 is 0.406 bits per heavy atom. The van der Waals surface area contributed by atoms with Gasteiger partial charge in [-0.1, -0.05) is 91.0 Å². The molecule has 1 N–H and O–H groups in total. The summed E-state index contributed by atoms with van der Waals surface area (Å²) in [4.78, 5) is 3.90. The van der Waals surface area contributed by atoms with Crippen LogP contribution in [0.25, 0.3) is 74.3 Å². The standard InChI is InChI=1S/C30H17NS/c1-3-11-19-17(9-1)18-10-2-5-13-21(18)28-26(19)27-29(31-28)22-14-6-4-12-20(22)25-23-15-7-8-16-24(23)32-30(25)27/h1-16,31H. The van der Waals surface area contributed by atoms with Crippen LogP contribution in [0.4, 0.5) is 0 Å². The van der Waals surface area contributed by atoms with Gasteiger partial charge in [-0.2, -0.15) is 0 Å². The summed E-state index contributed by atoms with van der Waals surface area (Å²) in [7, 11) is 0. The lowest BCUT2D eigenvalue weighted by Crippen LogP contribution is -1.80. The Balaban J connectivity index is 1.82. The normalized spacial score (nSPS) is 12.4. The van der Waals surface area contributed by atoms with Crippen molar-refractivity contribution in [3.8, 4) is 0 Å². The second-order valence-electron chi connectivity index (χ2n) is 8.56. The van der Waals surface area contributed by atoms with Gasteiger partial charge >= 0.3 is 0 Å². The van der Waals surface area contributed by atoms with Gasteiger partial charge in [0.2, 0.25) is 0 Å². The van der Waals surface area contributed by atoms with Crippen LogP contribution in [0.15, 0.2) is 97.1 Å². The predicted octanol–water partition coefficient (Wildman–Crippen LogP) is 9.15. The van der Waals surface area contributed by atoms with Gasteiger partial charge in [0.15, 0.2) is 0 Å². The molecule has 0 spiro atoms. The van der Waals surface area contributed by atoms with Gasteiger partial charge in [0.1, 0.15) is 0 Å². The predicted molar refractivity (Wildman–Crippen MR) is 141 cm³/mol. The highest BCUT2D eigenvalue weighted by atomic mass is 32.1. The molecule has 0 atom stereocenters. The van der Waals surface area contributed by atoms with Gasteiger partial charge in [0, 0.05) is 41.7 Å². The summed E-state index contributed by atoms with van der Waals surface area (Å²) in [6.45, 7) is 0. The largest absolute Gasteiger partial charge is 0.353 e.